The quantitative estimate of drug-likeness (QED) is 0.860. The summed E-state index contributed by atoms with van der Waals surface area (Å²) in [6.45, 7) is 1.60. The predicted molar refractivity (Wildman–Crippen MR) is 63.0 cm³/mol. The molecule has 1 saturated carbocycles. The average Bonchev–Trinajstić information content (AvgIpc) is 3.05. The lowest BCUT2D eigenvalue weighted by atomic mass is 10.1. The lowest BCUT2D eigenvalue weighted by Gasteiger charge is -1.99. The van der Waals surface area contributed by atoms with Crippen molar-refractivity contribution in [1.29, 1.82) is 0 Å². The van der Waals surface area contributed by atoms with Crippen LogP contribution in [0.3, 0.4) is 0 Å². The maximum Gasteiger partial charge on any atom is 0.153 e. The Morgan fingerprint density at radius 1 is 1.25 bits per heavy atom. The Morgan fingerprint density at radius 2 is 1.88 bits per heavy atom. The van der Waals surface area contributed by atoms with Crippen LogP contribution in [0.4, 0.5) is 0 Å². The lowest BCUT2D eigenvalue weighted by Crippen LogP contribution is -2.13. The highest BCUT2D eigenvalue weighted by atomic mass is 32.2. The van der Waals surface area contributed by atoms with E-state index in [2.05, 4.69) is 0 Å². The summed E-state index contributed by atoms with van der Waals surface area (Å²) in [6.07, 6.45) is 0. The Morgan fingerprint density at radius 3 is 2.38 bits per heavy atom. The standard InChI is InChI=1S/C12H16O3S/c1-2-16(14,15)12-10(8-13)11(12)9-6-4-3-5-7-9/h3-7,10-13H,2,8H2,1H3/t10-,11-,12+/m0/s1. The van der Waals surface area contributed by atoms with E-state index in [1.54, 1.807) is 6.92 Å². The minimum absolute atomic E-state index is 0.0175. The van der Waals surface area contributed by atoms with Gasteiger partial charge >= 0.3 is 0 Å². The summed E-state index contributed by atoms with van der Waals surface area (Å²) in [5.41, 5.74) is 1.02. The predicted octanol–water partition coefficient (Wildman–Crippen LogP) is 1.20. The van der Waals surface area contributed by atoms with Crippen LogP contribution in [-0.4, -0.2) is 31.1 Å². The summed E-state index contributed by atoms with van der Waals surface area (Å²) in [7, 11) is -3.04. The smallest absolute Gasteiger partial charge is 0.153 e. The van der Waals surface area contributed by atoms with Crippen molar-refractivity contribution < 1.29 is 13.5 Å². The molecule has 88 valence electrons. The molecule has 1 fully saturated rings. The highest BCUT2D eigenvalue weighted by molar-refractivity contribution is 7.92. The molecule has 3 nitrogen and oxygen atoms in total. The van der Waals surface area contributed by atoms with E-state index in [4.69, 9.17) is 0 Å². The van der Waals surface area contributed by atoms with Gasteiger partial charge in [-0.2, -0.15) is 0 Å². The van der Waals surface area contributed by atoms with Gasteiger partial charge in [-0.3, -0.25) is 0 Å². The molecule has 1 aliphatic carbocycles. The zero-order valence-corrected chi connectivity index (χ0v) is 10.0. The van der Waals surface area contributed by atoms with Gasteiger partial charge in [0.1, 0.15) is 0 Å². The molecule has 0 bridgehead atoms. The van der Waals surface area contributed by atoms with E-state index in [1.807, 2.05) is 30.3 Å². The van der Waals surface area contributed by atoms with Gasteiger partial charge in [0.25, 0.3) is 0 Å². The van der Waals surface area contributed by atoms with Crippen LogP contribution in [0, 0.1) is 5.92 Å². The molecular formula is C12H16O3S. The van der Waals surface area contributed by atoms with Gasteiger partial charge in [0.15, 0.2) is 9.84 Å². The highest BCUT2D eigenvalue weighted by Gasteiger charge is 2.57. The largest absolute Gasteiger partial charge is 0.396 e. The van der Waals surface area contributed by atoms with Crippen LogP contribution in [-0.2, 0) is 9.84 Å². The molecule has 1 aromatic rings. The minimum atomic E-state index is -3.04. The Kier molecular flexibility index (Phi) is 3.04. The maximum atomic E-state index is 11.8. The van der Waals surface area contributed by atoms with Crippen LogP contribution in [0.25, 0.3) is 0 Å². The third kappa shape index (κ3) is 1.87. The number of aliphatic hydroxyl groups excluding tert-OH is 1. The zero-order valence-electron chi connectivity index (χ0n) is 9.20. The molecule has 0 aromatic heterocycles. The summed E-state index contributed by atoms with van der Waals surface area (Å²) in [4.78, 5) is 0. The second-order valence-electron chi connectivity index (χ2n) is 4.20. The second kappa shape index (κ2) is 4.18. The number of benzene rings is 1. The van der Waals surface area contributed by atoms with E-state index in [1.165, 1.54) is 0 Å². The van der Waals surface area contributed by atoms with Gasteiger partial charge in [0.2, 0.25) is 0 Å². The molecule has 0 heterocycles. The number of hydrogen-bond donors (Lipinski definition) is 1. The molecule has 16 heavy (non-hydrogen) atoms. The van der Waals surface area contributed by atoms with Gasteiger partial charge < -0.3 is 5.11 Å². The second-order valence-corrected chi connectivity index (χ2v) is 6.65. The normalized spacial score (nSPS) is 29.0. The molecule has 1 aliphatic rings. The number of sulfone groups is 1. The molecule has 0 amide bonds. The summed E-state index contributed by atoms with van der Waals surface area (Å²) in [6, 6.07) is 9.57. The molecule has 0 spiro atoms. The summed E-state index contributed by atoms with van der Waals surface area (Å²) >= 11 is 0. The Balaban J connectivity index is 2.26. The molecule has 1 aromatic carbocycles. The fraction of sp³-hybridized carbons (Fsp3) is 0.500. The number of aliphatic hydroxyl groups is 1. The van der Waals surface area contributed by atoms with Crippen molar-refractivity contribution in [3.8, 4) is 0 Å². The molecule has 0 radical (unpaired) electrons. The number of rotatable bonds is 4. The van der Waals surface area contributed by atoms with Crippen LogP contribution in [0.2, 0.25) is 0 Å². The van der Waals surface area contributed by atoms with E-state index < -0.39 is 9.84 Å². The van der Waals surface area contributed by atoms with Crippen molar-refractivity contribution in [2.24, 2.45) is 5.92 Å². The molecule has 2 rings (SSSR count). The van der Waals surface area contributed by atoms with Crippen molar-refractivity contribution in [2.75, 3.05) is 12.4 Å². The average molecular weight is 240 g/mol. The van der Waals surface area contributed by atoms with Gasteiger partial charge in [-0.05, 0) is 5.56 Å². The summed E-state index contributed by atoms with van der Waals surface area (Å²) < 4.78 is 23.6. The number of hydrogen-bond acceptors (Lipinski definition) is 3. The van der Waals surface area contributed by atoms with Crippen molar-refractivity contribution in [1.82, 2.24) is 0 Å². The van der Waals surface area contributed by atoms with Crippen LogP contribution < -0.4 is 0 Å². The Hall–Kier alpha value is -0.870. The zero-order chi connectivity index (χ0) is 11.8. The topological polar surface area (TPSA) is 54.4 Å². The highest BCUT2D eigenvalue weighted by Crippen LogP contribution is 2.52. The fourth-order valence-electron chi connectivity index (χ4n) is 2.35. The van der Waals surface area contributed by atoms with Crippen LogP contribution in [0.15, 0.2) is 30.3 Å². The molecule has 0 aliphatic heterocycles. The molecule has 3 atom stereocenters. The van der Waals surface area contributed by atoms with Gasteiger partial charge in [-0.1, -0.05) is 37.3 Å². The summed E-state index contributed by atoms with van der Waals surface area (Å²) in [5, 5.41) is 8.82. The van der Waals surface area contributed by atoms with E-state index in [0.717, 1.165) is 5.56 Å². The molecular weight excluding hydrogens is 224 g/mol. The first-order valence-electron chi connectivity index (χ1n) is 5.49. The van der Waals surface area contributed by atoms with Gasteiger partial charge in [-0.15, -0.1) is 0 Å². The first-order valence-corrected chi connectivity index (χ1v) is 7.20. The first-order chi connectivity index (χ1) is 7.61. The molecule has 4 heteroatoms. The van der Waals surface area contributed by atoms with E-state index in [-0.39, 0.29) is 29.4 Å². The Bertz CT molecular complexity index is 452. The van der Waals surface area contributed by atoms with Crippen molar-refractivity contribution >= 4 is 9.84 Å². The summed E-state index contributed by atoms with van der Waals surface area (Å²) in [5.74, 6) is 0.0146. The van der Waals surface area contributed by atoms with Crippen LogP contribution in [0.1, 0.15) is 18.4 Å². The van der Waals surface area contributed by atoms with Crippen molar-refractivity contribution in [3.63, 3.8) is 0 Å². The third-order valence-electron chi connectivity index (χ3n) is 3.31. The first kappa shape index (κ1) is 11.6. The maximum absolute atomic E-state index is 11.8. The van der Waals surface area contributed by atoms with E-state index in [0.29, 0.717) is 0 Å². The lowest BCUT2D eigenvalue weighted by molar-refractivity contribution is 0.274. The Labute approximate surface area is 96.0 Å². The van der Waals surface area contributed by atoms with Crippen LogP contribution >= 0.6 is 0 Å². The van der Waals surface area contributed by atoms with Crippen LogP contribution in [0.5, 0.6) is 0 Å². The minimum Gasteiger partial charge on any atom is -0.396 e. The molecule has 1 N–H and O–H groups in total. The van der Waals surface area contributed by atoms with Crippen molar-refractivity contribution in [2.45, 2.75) is 18.1 Å². The third-order valence-corrected chi connectivity index (χ3v) is 5.59. The molecule has 0 unspecified atom stereocenters. The monoisotopic (exact) mass is 240 g/mol. The van der Waals surface area contributed by atoms with Gasteiger partial charge in [0, 0.05) is 24.2 Å². The van der Waals surface area contributed by atoms with Crippen molar-refractivity contribution in [3.05, 3.63) is 35.9 Å². The van der Waals surface area contributed by atoms with E-state index >= 15 is 0 Å². The van der Waals surface area contributed by atoms with Gasteiger partial charge in [0.05, 0.1) is 5.25 Å². The SMILES string of the molecule is CCS(=O)(=O)[C@@H]1[C@@H](CO)[C@@H]1c1ccccc1. The van der Waals surface area contributed by atoms with Gasteiger partial charge in [-0.25, -0.2) is 8.42 Å². The molecule has 0 saturated heterocycles. The fourth-order valence-corrected chi connectivity index (χ4v) is 4.24. The van der Waals surface area contributed by atoms with E-state index in [9.17, 15) is 13.5 Å².